The maximum Gasteiger partial charge on any atom is 0.317 e. The fraction of sp³-hybridized carbons (Fsp3) is 0.550. The van der Waals surface area contributed by atoms with Crippen molar-refractivity contribution in [3.8, 4) is 0 Å². The van der Waals surface area contributed by atoms with Crippen molar-refractivity contribution < 1.29 is 14.4 Å². The van der Waals surface area contributed by atoms with E-state index in [0.717, 1.165) is 5.56 Å². The Kier molecular flexibility index (Phi) is 5.98. The summed E-state index contributed by atoms with van der Waals surface area (Å²) in [5.74, 6) is -0.840. The van der Waals surface area contributed by atoms with Crippen molar-refractivity contribution in [2.24, 2.45) is 0 Å². The largest absolute Gasteiger partial charge is 0.336 e. The van der Waals surface area contributed by atoms with Gasteiger partial charge in [0.1, 0.15) is 0 Å². The SMILES string of the molecule is CC(C)NC(=O)N1CCC(N2CCN(Cc3ccccc3)C(=O)C2=O)CC1. The van der Waals surface area contributed by atoms with Crippen LogP contribution < -0.4 is 5.32 Å². The highest BCUT2D eigenvalue weighted by Gasteiger charge is 2.37. The van der Waals surface area contributed by atoms with E-state index in [2.05, 4.69) is 5.32 Å². The van der Waals surface area contributed by atoms with Gasteiger partial charge >= 0.3 is 17.8 Å². The van der Waals surface area contributed by atoms with E-state index in [0.29, 0.717) is 45.6 Å². The van der Waals surface area contributed by atoms with Gasteiger partial charge in [-0.1, -0.05) is 30.3 Å². The molecule has 0 atom stereocenters. The fourth-order valence-electron chi connectivity index (χ4n) is 3.71. The average molecular weight is 372 g/mol. The molecule has 2 aliphatic rings. The van der Waals surface area contributed by atoms with Crippen LogP contribution in [0.2, 0.25) is 0 Å². The van der Waals surface area contributed by atoms with Gasteiger partial charge in [-0.05, 0) is 32.3 Å². The van der Waals surface area contributed by atoms with Crippen molar-refractivity contribution in [2.75, 3.05) is 26.2 Å². The Bertz CT molecular complexity index is 684. The molecule has 2 heterocycles. The maximum atomic E-state index is 12.6. The minimum atomic E-state index is -0.426. The molecule has 7 nitrogen and oxygen atoms in total. The monoisotopic (exact) mass is 372 g/mol. The molecule has 1 aromatic carbocycles. The van der Waals surface area contributed by atoms with Crippen LogP contribution in [0.4, 0.5) is 4.79 Å². The molecular weight excluding hydrogens is 344 g/mol. The molecule has 2 fully saturated rings. The molecule has 3 rings (SSSR count). The number of hydrogen-bond acceptors (Lipinski definition) is 3. The van der Waals surface area contributed by atoms with E-state index in [1.807, 2.05) is 44.2 Å². The van der Waals surface area contributed by atoms with Gasteiger partial charge in [0, 0.05) is 44.8 Å². The number of benzene rings is 1. The number of rotatable bonds is 4. The highest BCUT2D eigenvalue weighted by atomic mass is 16.2. The van der Waals surface area contributed by atoms with E-state index >= 15 is 0 Å². The highest BCUT2D eigenvalue weighted by molar-refractivity contribution is 6.35. The van der Waals surface area contributed by atoms with Crippen molar-refractivity contribution in [3.63, 3.8) is 0 Å². The number of likely N-dealkylation sites (tertiary alicyclic amines) is 1. The first-order chi connectivity index (χ1) is 13.0. The second-order valence-electron chi connectivity index (χ2n) is 7.53. The lowest BCUT2D eigenvalue weighted by molar-refractivity contribution is -0.158. The Morgan fingerprint density at radius 3 is 2.33 bits per heavy atom. The predicted molar refractivity (Wildman–Crippen MR) is 102 cm³/mol. The molecule has 0 aromatic heterocycles. The summed E-state index contributed by atoms with van der Waals surface area (Å²) in [6.45, 7) is 6.65. The van der Waals surface area contributed by atoms with Gasteiger partial charge in [0.05, 0.1) is 0 Å². The fourth-order valence-corrected chi connectivity index (χ4v) is 3.71. The third-order valence-electron chi connectivity index (χ3n) is 5.16. The van der Waals surface area contributed by atoms with E-state index in [1.54, 1.807) is 14.7 Å². The first-order valence-electron chi connectivity index (χ1n) is 9.65. The number of amides is 4. The lowest BCUT2D eigenvalue weighted by Gasteiger charge is -2.42. The van der Waals surface area contributed by atoms with Crippen LogP contribution in [0.1, 0.15) is 32.3 Å². The quantitative estimate of drug-likeness (QED) is 0.813. The van der Waals surface area contributed by atoms with E-state index in [1.165, 1.54) is 0 Å². The standard InChI is InChI=1S/C20H28N4O3/c1-15(2)21-20(27)22-10-8-17(9-11-22)24-13-12-23(18(25)19(24)26)14-16-6-4-3-5-7-16/h3-7,15,17H,8-14H2,1-2H3,(H,21,27). The molecule has 0 unspecified atom stereocenters. The van der Waals surface area contributed by atoms with E-state index < -0.39 is 11.8 Å². The first kappa shape index (κ1) is 19.2. The number of carbonyl (C=O) groups excluding carboxylic acids is 3. The van der Waals surface area contributed by atoms with Gasteiger partial charge in [-0.2, -0.15) is 0 Å². The molecule has 0 radical (unpaired) electrons. The van der Waals surface area contributed by atoms with Crippen LogP contribution in [0.3, 0.4) is 0 Å². The Morgan fingerprint density at radius 2 is 1.70 bits per heavy atom. The van der Waals surface area contributed by atoms with Crippen LogP contribution in [0.15, 0.2) is 30.3 Å². The smallest absolute Gasteiger partial charge is 0.317 e. The van der Waals surface area contributed by atoms with Gasteiger partial charge in [0.25, 0.3) is 0 Å². The Hall–Kier alpha value is -2.57. The molecule has 7 heteroatoms. The first-order valence-corrected chi connectivity index (χ1v) is 9.65. The molecule has 1 N–H and O–H groups in total. The molecule has 2 saturated heterocycles. The van der Waals surface area contributed by atoms with Crippen molar-refractivity contribution in [1.82, 2.24) is 20.0 Å². The number of nitrogens with one attached hydrogen (secondary N) is 1. The van der Waals surface area contributed by atoms with Gasteiger partial charge in [-0.25, -0.2) is 4.79 Å². The van der Waals surface area contributed by atoms with Crippen LogP contribution in [-0.4, -0.2) is 70.8 Å². The number of nitrogens with zero attached hydrogens (tertiary/aromatic N) is 3. The summed E-state index contributed by atoms with van der Waals surface area (Å²) in [6, 6.07) is 9.79. The number of piperidine rings is 1. The van der Waals surface area contributed by atoms with Gasteiger partial charge in [0.2, 0.25) is 0 Å². The summed E-state index contributed by atoms with van der Waals surface area (Å²) >= 11 is 0. The summed E-state index contributed by atoms with van der Waals surface area (Å²) in [4.78, 5) is 42.4. The number of piperazine rings is 1. The molecule has 0 aliphatic carbocycles. The van der Waals surface area contributed by atoms with Crippen molar-refractivity contribution >= 4 is 17.8 Å². The zero-order valence-electron chi connectivity index (χ0n) is 16.1. The second-order valence-corrected chi connectivity index (χ2v) is 7.53. The minimum Gasteiger partial charge on any atom is -0.336 e. The summed E-state index contributed by atoms with van der Waals surface area (Å²) in [7, 11) is 0. The van der Waals surface area contributed by atoms with E-state index in [4.69, 9.17) is 0 Å². The molecular formula is C20H28N4O3. The second kappa shape index (κ2) is 8.41. The van der Waals surface area contributed by atoms with Crippen molar-refractivity contribution in [3.05, 3.63) is 35.9 Å². The number of urea groups is 1. The van der Waals surface area contributed by atoms with Crippen LogP contribution in [0.25, 0.3) is 0 Å². The van der Waals surface area contributed by atoms with Crippen molar-refractivity contribution in [1.29, 1.82) is 0 Å². The Labute approximate surface area is 160 Å². The van der Waals surface area contributed by atoms with Gasteiger partial charge in [0.15, 0.2) is 0 Å². The van der Waals surface area contributed by atoms with Crippen molar-refractivity contribution in [2.45, 2.75) is 45.3 Å². The summed E-state index contributed by atoms with van der Waals surface area (Å²) in [6.07, 6.45) is 1.42. The van der Waals surface area contributed by atoms with Gasteiger partial charge in [-0.3, -0.25) is 9.59 Å². The van der Waals surface area contributed by atoms with E-state index in [9.17, 15) is 14.4 Å². The zero-order valence-corrected chi connectivity index (χ0v) is 16.1. The number of carbonyl (C=O) groups is 3. The molecule has 0 saturated carbocycles. The third-order valence-corrected chi connectivity index (χ3v) is 5.16. The molecule has 2 aliphatic heterocycles. The molecule has 0 spiro atoms. The van der Waals surface area contributed by atoms with Crippen LogP contribution >= 0.6 is 0 Å². The highest BCUT2D eigenvalue weighted by Crippen LogP contribution is 2.20. The molecule has 27 heavy (non-hydrogen) atoms. The summed E-state index contributed by atoms with van der Waals surface area (Å²) in [5.41, 5.74) is 1.02. The topological polar surface area (TPSA) is 73.0 Å². The summed E-state index contributed by atoms with van der Waals surface area (Å²) < 4.78 is 0. The lowest BCUT2D eigenvalue weighted by Crippen LogP contribution is -2.59. The minimum absolute atomic E-state index is 0.0309. The van der Waals surface area contributed by atoms with Crippen LogP contribution in [0, 0.1) is 0 Å². The molecule has 1 aromatic rings. The normalized spacial score (nSPS) is 19.0. The van der Waals surface area contributed by atoms with E-state index in [-0.39, 0.29) is 18.1 Å². The third kappa shape index (κ3) is 4.59. The predicted octanol–water partition coefficient (Wildman–Crippen LogP) is 1.44. The van der Waals surface area contributed by atoms with Gasteiger partial charge < -0.3 is 20.0 Å². The molecule has 0 bridgehead atoms. The molecule has 146 valence electrons. The Balaban J connectivity index is 1.53. The van der Waals surface area contributed by atoms with Crippen LogP contribution in [0.5, 0.6) is 0 Å². The lowest BCUT2D eigenvalue weighted by atomic mass is 10.0. The maximum absolute atomic E-state index is 12.6. The zero-order chi connectivity index (χ0) is 19.4. The molecule has 4 amide bonds. The van der Waals surface area contributed by atoms with Crippen LogP contribution in [-0.2, 0) is 16.1 Å². The number of hydrogen-bond donors (Lipinski definition) is 1. The van der Waals surface area contributed by atoms with Gasteiger partial charge in [-0.15, -0.1) is 0 Å². The Morgan fingerprint density at radius 1 is 1.04 bits per heavy atom. The average Bonchev–Trinajstić information content (AvgIpc) is 2.66. The summed E-state index contributed by atoms with van der Waals surface area (Å²) in [5, 5.41) is 2.90.